The summed E-state index contributed by atoms with van der Waals surface area (Å²) in [6, 6.07) is 4.76. The van der Waals surface area contributed by atoms with E-state index >= 15 is 0 Å². The van der Waals surface area contributed by atoms with Gasteiger partial charge in [-0.25, -0.2) is 8.42 Å². The van der Waals surface area contributed by atoms with Crippen molar-refractivity contribution in [3.8, 4) is 6.07 Å². The van der Waals surface area contributed by atoms with E-state index in [2.05, 4.69) is 0 Å². The van der Waals surface area contributed by atoms with E-state index in [1.54, 1.807) is 0 Å². The first-order chi connectivity index (χ1) is 9.50. The first-order valence-corrected chi connectivity index (χ1v) is 7.48. The first kappa shape index (κ1) is 17.5. The molecule has 0 unspecified atom stereocenters. The molecule has 1 rings (SSSR count). The van der Waals surface area contributed by atoms with Gasteiger partial charge >= 0.3 is 6.18 Å². The lowest BCUT2D eigenvalue weighted by molar-refractivity contribution is -0.138. The van der Waals surface area contributed by atoms with Crippen LogP contribution in [0.1, 0.15) is 18.1 Å². The predicted molar refractivity (Wildman–Crippen MR) is 70.8 cm³/mol. The number of nitrogens with zero attached hydrogens (tertiary/aromatic N) is 2. The lowest BCUT2D eigenvalue weighted by atomic mass is 10.1. The molecule has 0 aliphatic carbocycles. The van der Waals surface area contributed by atoms with Crippen molar-refractivity contribution in [3.63, 3.8) is 0 Å². The van der Waals surface area contributed by atoms with Crippen molar-refractivity contribution in [2.24, 2.45) is 5.92 Å². The molecular formula is C13H15F3N2O2S. The third-order valence-corrected chi connectivity index (χ3v) is 4.79. The van der Waals surface area contributed by atoms with E-state index in [0.717, 1.165) is 16.4 Å². The molecule has 116 valence electrons. The Hall–Kier alpha value is -1.59. The zero-order valence-electron chi connectivity index (χ0n) is 11.8. The molecule has 0 saturated heterocycles. The van der Waals surface area contributed by atoms with Gasteiger partial charge in [-0.05, 0) is 31.5 Å². The van der Waals surface area contributed by atoms with Gasteiger partial charge in [-0.1, -0.05) is 6.07 Å². The minimum atomic E-state index is -4.62. The lowest BCUT2D eigenvalue weighted by Crippen LogP contribution is -2.31. The van der Waals surface area contributed by atoms with E-state index < -0.39 is 32.6 Å². The Labute approximate surface area is 121 Å². The van der Waals surface area contributed by atoms with E-state index in [1.165, 1.54) is 20.9 Å². The molecule has 1 atom stereocenters. The standard InChI is InChI=1S/C13H15F3N2O2S/c1-9(7-17)8-18(3)21(19,20)11-5-4-10(2)12(6-11)13(14,15)16/h4-6,9H,8H2,1-3H3/t9-/m0/s1. The van der Waals surface area contributed by atoms with Crippen molar-refractivity contribution in [3.05, 3.63) is 29.3 Å². The van der Waals surface area contributed by atoms with Crippen molar-refractivity contribution in [1.82, 2.24) is 4.31 Å². The smallest absolute Gasteiger partial charge is 0.207 e. The first-order valence-electron chi connectivity index (χ1n) is 6.04. The largest absolute Gasteiger partial charge is 0.416 e. The van der Waals surface area contributed by atoms with Crippen LogP contribution in [0.3, 0.4) is 0 Å². The van der Waals surface area contributed by atoms with Crippen LogP contribution in [0.5, 0.6) is 0 Å². The maximum absolute atomic E-state index is 12.8. The molecule has 1 aromatic carbocycles. The average molecular weight is 320 g/mol. The quantitative estimate of drug-likeness (QED) is 0.857. The molecule has 0 bridgehead atoms. The van der Waals surface area contributed by atoms with Gasteiger partial charge in [-0.2, -0.15) is 22.7 Å². The van der Waals surface area contributed by atoms with E-state index in [0.29, 0.717) is 6.07 Å². The third kappa shape index (κ3) is 3.95. The number of sulfonamides is 1. The Balaban J connectivity index is 3.25. The molecule has 0 spiro atoms. The lowest BCUT2D eigenvalue weighted by Gasteiger charge is -2.19. The monoisotopic (exact) mass is 320 g/mol. The van der Waals surface area contributed by atoms with Crippen molar-refractivity contribution in [1.29, 1.82) is 5.26 Å². The average Bonchev–Trinajstić information content (AvgIpc) is 2.37. The molecule has 0 heterocycles. The molecule has 0 amide bonds. The highest BCUT2D eigenvalue weighted by Crippen LogP contribution is 2.33. The van der Waals surface area contributed by atoms with Gasteiger partial charge in [-0.15, -0.1) is 0 Å². The fourth-order valence-electron chi connectivity index (χ4n) is 1.77. The summed E-state index contributed by atoms with van der Waals surface area (Å²) in [5.41, 5.74) is -1.03. The summed E-state index contributed by atoms with van der Waals surface area (Å²) in [6.07, 6.45) is -4.62. The SMILES string of the molecule is Cc1ccc(S(=O)(=O)N(C)C[C@@H](C)C#N)cc1C(F)(F)F. The number of benzene rings is 1. The minimum absolute atomic E-state index is 0.0468. The molecule has 4 nitrogen and oxygen atoms in total. The Morgan fingerprint density at radius 3 is 2.43 bits per heavy atom. The molecule has 8 heteroatoms. The molecule has 0 radical (unpaired) electrons. The van der Waals surface area contributed by atoms with E-state index in [1.807, 2.05) is 6.07 Å². The molecule has 0 saturated carbocycles. The van der Waals surface area contributed by atoms with Crippen LogP contribution in [0, 0.1) is 24.2 Å². The van der Waals surface area contributed by atoms with Gasteiger partial charge in [0.05, 0.1) is 22.4 Å². The normalized spacial score (nSPS) is 14.0. The van der Waals surface area contributed by atoms with Crippen LogP contribution in [0.25, 0.3) is 0 Å². The van der Waals surface area contributed by atoms with Crippen LogP contribution in [0.4, 0.5) is 13.2 Å². The van der Waals surface area contributed by atoms with Gasteiger partial charge in [0.25, 0.3) is 0 Å². The van der Waals surface area contributed by atoms with Crippen LogP contribution < -0.4 is 0 Å². The summed E-state index contributed by atoms with van der Waals surface area (Å²) in [5, 5.41) is 8.69. The van der Waals surface area contributed by atoms with Crippen molar-refractivity contribution in [2.45, 2.75) is 24.9 Å². The number of alkyl halides is 3. The highest BCUT2D eigenvalue weighted by molar-refractivity contribution is 7.89. The van der Waals surface area contributed by atoms with Gasteiger partial charge in [0.2, 0.25) is 10.0 Å². The third-order valence-electron chi connectivity index (χ3n) is 2.97. The summed E-state index contributed by atoms with van der Waals surface area (Å²) in [4.78, 5) is -0.437. The summed E-state index contributed by atoms with van der Waals surface area (Å²) in [5.74, 6) is -0.558. The zero-order chi connectivity index (χ0) is 16.4. The van der Waals surface area contributed by atoms with Gasteiger partial charge in [0.1, 0.15) is 0 Å². The summed E-state index contributed by atoms with van der Waals surface area (Å²) in [6.45, 7) is 2.71. The van der Waals surface area contributed by atoms with Crippen LogP contribution in [0.2, 0.25) is 0 Å². The molecule has 0 aliphatic heterocycles. The number of halogens is 3. The Morgan fingerprint density at radius 1 is 1.38 bits per heavy atom. The molecule has 0 N–H and O–H groups in total. The maximum Gasteiger partial charge on any atom is 0.416 e. The molecular weight excluding hydrogens is 305 g/mol. The molecule has 1 aromatic rings. The van der Waals surface area contributed by atoms with Gasteiger partial charge in [-0.3, -0.25) is 0 Å². The van der Waals surface area contributed by atoms with E-state index in [4.69, 9.17) is 5.26 Å². The second-order valence-electron chi connectivity index (χ2n) is 4.79. The number of rotatable bonds is 4. The predicted octanol–water partition coefficient (Wildman–Crippen LogP) is 2.79. The van der Waals surface area contributed by atoms with Crippen LogP contribution in [0.15, 0.2) is 23.1 Å². The van der Waals surface area contributed by atoms with Gasteiger partial charge in [0.15, 0.2) is 0 Å². The van der Waals surface area contributed by atoms with Crippen molar-refractivity contribution in [2.75, 3.05) is 13.6 Å². The van der Waals surface area contributed by atoms with Gasteiger partial charge < -0.3 is 0 Å². The number of hydrogen-bond donors (Lipinski definition) is 0. The molecule has 0 aliphatic rings. The summed E-state index contributed by atoms with van der Waals surface area (Å²) < 4.78 is 63.8. The fourth-order valence-corrected chi connectivity index (χ4v) is 3.06. The highest BCUT2D eigenvalue weighted by Gasteiger charge is 2.34. The second-order valence-corrected chi connectivity index (χ2v) is 6.84. The van der Waals surface area contributed by atoms with E-state index in [9.17, 15) is 21.6 Å². The van der Waals surface area contributed by atoms with Crippen molar-refractivity contribution < 1.29 is 21.6 Å². The Bertz CT molecular complexity index is 663. The van der Waals surface area contributed by atoms with E-state index in [-0.39, 0.29) is 12.1 Å². The number of hydrogen-bond acceptors (Lipinski definition) is 3. The number of nitriles is 1. The van der Waals surface area contributed by atoms with Crippen LogP contribution in [-0.4, -0.2) is 26.3 Å². The fraction of sp³-hybridized carbons (Fsp3) is 0.462. The Morgan fingerprint density at radius 2 is 1.95 bits per heavy atom. The van der Waals surface area contributed by atoms with Gasteiger partial charge in [0, 0.05) is 13.6 Å². The summed E-state index contributed by atoms with van der Waals surface area (Å²) >= 11 is 0. The number of aryl methyl sites for hydroxylation is 1. The zero-order valence-corrected chi connectivity index (χ0v) is 12.6. The summed E-state index contributed by atoms with van der Waals surface area (Å²) in [7, 11) is -2.83. The minimum Gasteiger partial charge on any atom is -0.207 e. The van der Waals surface area contributed by atoms with Crippen molar-refractivity contribution >= 4 is 10.0 Å². The second kappa shape index (κ2) is 6.03. The molecule has 0 fully saturated rings. The highest BCUT2D eigenvalue weighted by atomic mass is 32.2. The molecule has 21 heavy (non-hydrogen) atoms. The van der Waals surface area contributed by atoms with Crippen LogP contribution in [-0.2, 0) is 16.2 Å². The van der Waals surface area contributed by atoms with Crippen LogP contribution >= 0.6 is 0 Å². The topological polar surface area (TPSA) is 61.2 Å². The Kier molecular flexibility index (Phi) is 5.02. The molecule has 0 aromatic heterocycles. The maximum atomic E-state index is 12.8.